The number of nitrogens with zero attached hydrogens (tertiary/aromatic N) is 3. The van der Waals surface area contributed by atoms with Crippen molar-refractivity contribution in [2.45, 2.75) is 37.7 Å². The van der Waals surface area contributed by atoms with Crippen LogP contribution < -0.4 is 5.73 Å². The van der Waals surface area contributed by atoms with Gasteiger partial charge in [-0.3, -0.25) is 4.90 Å². The summed E-state index contributed by atoms with van der Waals surface area (Å²) in [7, 11) is -3.40. The van der Waals surface area contributed by atoms with Crippen molar-refractivity contribution in [2.24, 2.45) is 5.73 Å². The molecule has 2 aliphatic heterocycles. The molecule has 1 aromatic carbocycles. The maximum Gasteiger partial charge on any atom is 0.250 e. The van der Waals surface area contributed by atoms with Gasteiger partial charge in [0.15, 0.2) is 0 Å². The molecule has 1 saturated heterocycles. The van der Waals surface area contributed by atoms with Crippen LogP contribution in [0.4, 0.5) is 8.78 Å². The number of rotatable bonds is 3. The number of hydrogen-bond donors (Lipinski definition) is 1. The van der Waals surface area contributed by atoms with Gasteiger partial charge in [-0.2, -0.15) is 9.19 Å². The van der Waals surface area contributed by atoms with Gasteiger partial charge >= 0.3 is 0 Å². The van der Waals surface area contributed by atoms with Crippen LogP contribution in [-0.2, 0) is 27.8 Å². The van der Waals surface area contributed by atoms with E-state index in [0.29, 0.717) is 31.8 Å². The van der Waals surface area contributed by atoms with Crippen molar-refractivity contribution in [1.29, 1.82) is 0 Å². The third-order valence-corrected chi connectivity index (χ3v) is 5.97. The van der Waals surface area contributed by atoms with Gasteiger partial charge in [-0.15, -0.1) is 0 Å². The average molecular weight is 398 g/mol. The van der Waals surface area contributed by atoms with Gasteiger partial charge in [-0.25, -0.2) is 17.2 Å². The minimum Gasteiger partial charge on any atom is -0.370 e. The lowest BCUT2D eigenvalue weighted by Crippen LogP contribution is -2.47. The molecule has 0 amide bonds. The van der Waals surface area contributed by atoms with E-state index in [9.17, 15) is 17.2 Å². The summed E-state index contributed by atoms with van der Waals surface area (Å²) in [6.45, 7) is 1.37. The molecule has 27 heavy (non-hydrogen) atoms. The molecule has 4 rings (SSSR count). The minimum atomic E-state index is -3.40. The fourth-order valence-corrected chi connectivity index (χ4v) is 4.30. The van der Waals surface area contributed by atoms with E-state index in [1.54, 1.807) is 0 Å². The van der Waals surface area contributed by atoms with E-state index in [4.69, 9.17) is 10.5 Å². The zero-order valence-corrected chi connectivity index (χ0v) is 15.5. The molecule has 0 radical (unpaired) electrons. The highest BCUT2D eigenvalue weighted by Crippen LogP contribution is 2.34. The second-order valence-corrected chi connectivity index (χ2v) is 8.95. The summed E-state index contributed by atoms with van der Waals surface area (Å²) in [4.78, 5) is 2.11. The zero-order chi connectivity index (χ0) is 19.3. The van der Waals surface area contributed by atoms with E-state index in [-0.39, 0.29) is 11.6 Å². The monoisotopic (exact) mass is 398 g/mol. The average Bonchev–Trinajstić information content (AvgIpc) is 3.16. The number of nitrogens with two attached hydrogens (primary N) is 1. The highest BCUT2D eigenvalue weighted by Gasteiger charge is 2.37. The summed E-state index contributed by atoms with van der Waals surface area (Å²) >= 11 is 0. The van der Waals surface area contributed by atoms with E-state index in [2.05, 4.69) is 10.00 Å². The molecule has 10 heteroatoms. The van der Waals surface area contributed by atoms with Crippen molar-refractivity contribution >= 4 is 10.0 Å². The van der Waals surface area contributed by atoms with Crippen molar-refractivity contribution < 1.29 is 21.9 Å². The summed E-state index contributed by atoms with van der Waals surface area (Å²) in [5.41, 5.74) is 7.91. The van der Waals surface area contributed by atoms with Gasteiger partial charge in [0.05, 0.1) is 18.6 Å². The Morgan fingerprint density at radius 2 is 2.07 bits per heavy atom. The maximum atomic E-state index is 14.0. The Hall–Kier alpha value is -1.88. The van der Waals surface area contributed by atoms with Gasteiger partial charge in [-0.1, -0.05) is 0 Å². The van der Waals surface area contributed by atoms with Crippen LogP contribution in [0.5, 0.6) is 0 Å². The molecule has 0 bridgehead atoms. The van der Waals surface area contributed by atoms with Gasteiger partial charge in [0.2, 0.25) is 0 Å². The Labute approximate surface area is 155 Å². The van der Waals surface area contributed by atoms with E-state index in [0.717, 1.165) is 34.1 Å². The number of benzene rings is 1. The van der Waals surface area contributed by atoms with Crippen molar-refractivity contribution in [3.63, 3.8) is 0 Å². The summed E-state index contributed by atoms with van der Waals surface area (Å²) < 4.78 is 57.4. The number of fused-ring (bicyclic) bond motifs is 1. The normalized spacial score (nSPS) is 26.3. The van der Waals surface area contributed by atoms with Crippen LogP contribution >= 0.6 is 0 Å². The second kappa shape index (κ2) is 6.62. The van der Waals surface area contributed by atoms with Crippen LogP contribution in [0.15, 0.2) is 24.4 Å². The number of ether oxygens (including phenoxy) is 1. The smallest absolute Gasteiger partial charge is 0.250 e. The van der Waals surface area contributed by atoms with Crippen LogP contribution in [0, 0.1) is 11.6 Å². The van der Waals surface area contributed by atoms with Gasteiger partial charge in [0.1, 0.15) is 17.7 Å². The largest absolute Gasteiger partial charge is 0.370 e. The third-order valence-electron chi connectivity index (χ3n) is 5.10. The molecular formula is C17H20F2N4O3S. The predicted molar refractivity (Wildman–Crippen MR) is 93.1 cm³/mol. The Bertz CT molecular complexity index is 955. The maximum absolute atomic E-state index is 14.0. The van der Waals surface area contributed by atoms with Gasteiger partial charge in [0, 0.05) is 42.5 Å². The molecule has 1 fully saturated rings. The molecule has 0 saturated carbocycles. The lowest BCUT2D eigenvalue weighted by atomic mass is 9.93. The number of aromatic nitrogens is 2. The molecule has 2 N–H and O–H groups in total. The van der Waals surface area contributed by atoms with Crippen molar-refractivity contribution in [2.75, 3.05) is 12.9 Å². The molecule has 2 aromatic rings. The van der Waals surface area contributed by atoms with Crippen molar-refractivity contribution in [3.8, 4) is 0 Å². The topological polar surface area (TPSA) is 90.5 Å². The molecule has 7 nitrogen and oxygen atoms in total. The molecule has 2 unspecified atom stereocenters. The lowest BCUT2D eigenvalue weighted by Gasteiger charge is -2.38. The summed E-state index contributed by atoms with van der Waals surface area (Å²) in [5.74, 6) is -1.07. The van der Waals surface area contributed by atoms with Crippen LogP contribution in [0.1, 0.15) is 29.3 Å². The van der Waals surface area contributed by atoms with Gasteiger partial charge in [0.25, 0.3) is 10.0 Å². The Balaban J connectivity index is 1.44. The molecular weight excluding hydrogens is 378 g/mol. The summed E-state index contributed by atoms with van der Waals surface area (Å²) in [5, 5.41) is 4.13. The van der Waals surface area contributed by atoms with Gasteiger partial charge < -0.3 is 10.5 Å². The minimum absolute atomic E-state index is 0.00578. The summed E-state index contributed by atoms with van der Waals surface area (Å²) in [6.07, 6.45) is 2.49. The van der Waals surface area contributed by atoms with E-state index < -0.39 is 33.8 Å². The van der Waals surface area contributed by atoms with Crippen LogP contribution in [-0.4, -0.2) is 47.4 Å². The molecule has 0 aliphatic carbocycles. The van der Waals surface area contributed by atoms with Crippen LogP contribution in [0.2, 0.25) is 0 Å². The Morgan fingerprint density at radius 3 is 2.74 bits per heavy atom. The number of halogens is 2. The quantitative estimate of drug-likeness (QED) is 0.834. The standard InChI is InChI=1S/C17H20F2N4O3S/c1-27(24,25)23-7-10-6-22(8-16(10)21-23)12-5-15(20)17(26-9-12)13-4-11(18)2-3-14(13)19/h2-4,7,12,15,17H,5-6,8-9,20H2,1H3/t12-,15?,17?/m1/s1. The van der Waals surface area contributed by atoms with Gasteiger partial charge in [-0.05, 0) is 24.6 Å². The molecule has 0 spiro atoms. The zero-order valence-electron chi connectivity index (χ0n) is 14.7. The van der Waals surface area contributed by atoms with Crippen molar-refractivity contribution in [3.05, 3.63) is 52.9 Å². The van der Waals surface area contributed by atoms with E-state index >= 15 is 0 Å². The lowest BCUT2D eigenvalue weighted by molar-refractivity contribution is -0.0533. The SMILES string of the molecule is CS(=O)(=O)n1cc2c(n1)CN([C@H]1COC(c3cc(F)ccc3F)C(N)C1)C2. The second-order valence-electron chi connectivity index (χ2n) is 7.11. The molecule has 2 aliphatic rings. The molecule has 3 atom stereocenters. The first kappa shape index (κ1) is 18.5. The Morgan fingerprint density at radius 1 is 1.30 bits per heavy atom. The van der Waals surface area contributed by atoms with Crippen LogP contribution in [0.3, 0.4) is 0 Å². The predicted octanol–water partition coefficient (Wildman–Crippen LogP) is 1.14. The molecule has 1 aromatic heterocycles. The van der Waals surface area contributed by atoms with Crippen LogP contribution in [0.25, 0.3) is 0 Å². The Kier molecular flexibility index (Phi) is 4.53. The highest BCUT2D eigenvalue weighted by molar-refractivity contribution is 7.89. The van der Waals surface area contributed by atoms with Crippen molar-refractivity contribution in [1.82, 2.24) is 14.1 Å². The fraction of sp³-hybridized carbons (Fsp3) is 0.471. The third kappa shape index (κ3) is 3.49. The molecule has 146 valence electrons. The molecule has 3 heterocycles. The first-order valence-electron chi connectivity index (χ1n) is 8.56. The highest BCUT2D eigenvalue weighted by atomic mass is 32.2. The number of hydrogen-bond acceptors (Lipinski definition) is 6. The summed E-state index contributed by atoms with van der Waals surface area (Å²) in [6, 6.07) is 2.78. The first-order chi connectivity index (χ1) is 12.7. The first-order valence-corrected chi connectivity index (χ1v) is 10.4. The van der Waals surface area contributed by atoms with E-state index in [1.165, 1.54) is 6.20 Å². The fourth-order valence-electron chi connectivity index (χ4n) is 3.73. The van der Waals surface area contributed by atoms with E-state index in [1.807, 2.05) is 0 Å².